The van der Waals surface area contributed by atoms with Crippen molar-refractivity contribution in [3.05, 3.63) is 95.3 Å². The number of rotatable bonds is 6. The Morgan fingerprint density at radius 3 is 2.42 bits per heavy atom. The molecule has 36 heavy (non-hydrogen) atoms. The monoisotopic (exact) mass is 499 g/mol. The van der Waals surface area contributed by atoms with Crippen molar-refractivity contribution in [3.63, 3.8) is 0 Å². The zero-order chi connectivity index (χ0) is 25.9. The number of carbonyl (C=O) groups excluding carboxylic acids is 3. The number of benzene rings is 3. The molecule has 2 N–H and O–H groups in total. The zero-order valence-corrected chi connectivity index (χ0v) is 18.8. The largest absolute Gasteiger partial charge is 0.416 e. The number of hydrogen-bond donors (Lipinski definition) is 2. The average molecular weight is 499 g/mol. The van der Waals surface area contributed by atoms with Gasteiger partial charge in [-0.1, -0.05) is 30.3 Å². The summed E-state index contributed by atoms with van der Waals surface area (Å²) in [6.07, 6.45) is -4.74. The van der Waals surface area contributed by atoms with Gasteiger partial charge < -0.3 is 15.5 Å². The maximum atomic E-state index is 13.1. The molecule has 186 valence electrons. The van der Waals surface area contributed by atoms with Crippen molar-refractivity contribution < 1.29 is 31.9 Å². The number of nitrogens with one attached hydrogen (secondary N) is 2. The summed E-state index contributed by atoms with van der Waals surface area (Å²) in [4.78, 5) is 39.3. The van der Waals surface area contributed by atoms with Crippen molar-refractivity contribution in [1.29, 1.82) is 0 Å². The SMILES string of the molecule is O=C(NCc1ccc(F)cc1)c1ccccc1NC(=O)[C@@H]1CC(=O)N(c2cccc(C(F)(F)F)c2)C1. The fourth-order valence-corrected chi connectivity index (χ4v) is 3.89. The van der Waals surface area contributed by atoms with Gasteiger partial charge in [-0.2, -0.15) is 13.2 Å². The molecule has 0 spiro atoms. The number of amides is 3. The normalized spacial score (nSPS) is 15.6. The first-order valence-corrected chi connectivity index (χ1v) is 11.0. The van der Waals surface area contributed by atoms with Gasteiger partial charge in [0.05, 0.1) is 22.7 Å². The van der Waals surface area contributed by atoms with Crippen molar-refractivity contribution in [2.24, 2.45) is 5.92 Å². The van der Waals surface area contributed by atoms with Crippen LogP contribution in [0.1, 0.15) is 27.9 Å². The Morgan fingerprint density at radius 1 is 0.972 bits per heavy atom. The third kappa shape index (κ3) is 5.70. The predicted octanol–water partition coefficient (Wildman–Crippen LogP) is 4.77. The quantitative estimate of drug-likeness (QED) is 0.480. The standard InChI is InChI=1S/C26H21F4N3O3/c27-19-10-8-16(9-11-19)14-31-25(36)21-6-1-2-7-22(21)32-24(35)17-12-23(34)33(15-17)20-5-3-4-18(13-20)26(28,29)30/h1-11,13,17H,12,14-15H2,(H,31,36)(H,32,35)/t17-/m1/s1. The van der Waals surface area contributed by atoms with Gasteiger partial charge in [0, 0.05) is 25.2 Å². The minimum absolute atomic E-state index is 0.0608. The summed E-state index contributed by atoms with van der Waals surface area (Å²) in [5, 5.41) is 5.36. The second kappa shape index (κ2) is 10.2. The van der Waals surface area contributed by atoms with Gasteiger partial charge >= 0.3 is 6.18 Å². The van der Waals surface area contributed by atoms with Crippen LogP contribution in [0.25, 0.3) is 0 Å². The molecule has 0 unspecified atom stereocenters. The molecular weight excluding hydrogens is 478 g/mol. The topological polar surface area (TPSA) is 78.5 Å². The maximum Gasteiger partial charge on any atom is 0.416 e. The predicted molar refractivity (Wildman–Crippen MR) is 125 cm³/mol. The van der Waals surface area contributed by atoms with Crippen LogP contribution in [0.4, 0.5) is 28.9 Å². The summed E-state index contributed by atoms with van der Waals surface area (Å²) in [5.74, 6) is -2.68. The highest BCUT2D eigenvalue weighted by Crippen LogP contribution is 2.33. The molecule has 1 saturated heterocycles. The van der Waals surface area contributed by atoms with E-state index in [0.29, 0.717) is 5.56 Å². The first-order valence-electron chi connectivity index (χ1n) is 11.0. The van der Waals surface area contributed by atoms with Gasteiger partial charge in [-0.3, -0.25) is 14.4 Å². The number of para-hydroxylation sites is 1. The lowest BCUT2D eigenvalue weighted by molar-refractivity contribution is -0.137. The van der Waals surface area contributed by atoms with Crippen LogP contribution in [0.2, 0.25) is 0 Å². The van der Waals surface area contributed by atoms with E-state index in [-0.39, 0.29) is 36.4 Å². The van der Waals surface area contributed by atoms with Gasteiger partial charge in [-0.05, 0) is 48.0 Å². The van der Waals surface area contributed by atoms with Gasteiger partial charge in [0.25, 0.3) is 5.91 Å². The Balaban J connectivity index is 1.43. The molecule has 10 heteroatoms. The Kier molecular flexibility index (Phi) is 7.05. The number of nitrogens with zero attached hydrogens (tertiary/aromatic N) is 1. The lowest BCUT2D eigenvalue weighted by Crippen LogP contribution is -2.29. The molecule has 0 saturated carbocycles. The average Bonchev–Trinajstić information content (AvgIpc) is 3.25. The van der Waals surface area contributed by atoms with Gasteiger partial charge in [0.1, 0.15) is 5.82 Å². The summed E-state index contributed by atoms with van der Waals surface area (Å²) in [5.41, 5.74) is 0.272. The smallest absolute Gasteiger partial charge is 0.348 e. The highest BCUT2D eigenvalue weighted by Gasteiger charge is 2.37. The number of anilines is 2. The van der Waals surface area contributed by atoms with E-state index in [4.69, 9.17) is 0 Å². The molecule has 0 aliphatic carbocycles. The van der Waals surface area contributed by atoms with Crippen LogP contribution >= 0.6 is 0 Å². The fraction of sp³-hybridized carbons (Fsp3) is 0.192. The third-order valence-corrected chi connectivity index (χ3v) is 5.78. The van der Waals surface area contributed by atoms with Crippen molar-refractivity contribution in [2.75, 3.05) is 16.8 Å². The highest BCUT2D eigenvalue weighted by molar-refractivity contribution is 6.07. The lowest BCUT2D eigenvalue weighted by Gasteiger charge is -2.18. The summed E-state index contributed by atoms with van der Waals surface area (Å²) >= 11 is 0. The van der Waals surface area contributed by atoms with E-state index in [2.05, 4.69) is 10.6 Å². The molecule has 1 aliphatic rings. The van der Waals surface area contributed by atoms with Crippen molar-refractivity contribution in [1.82, 2.24) is 5.32 Å². The number of hydrogen-bond acceptors (Lipinski definition) is 3. The van der Waals surface area contributed by atoms with Gasteiger partial charge in [0.15, 0.2) is 0 Å². The molecule has 1 aliphatic heterocycles. The molecule has 0 bridgehead atoms. The van der Waals surface area contributed by atoms with Gasteiger partial charge in [0.2, 0.25) is 11.8 Å². The first kappa shape index (κ1) is 24.9. The van der Waals surface area contributed by atoms with E-state index >= 15 is 0 Å². The van der Waals surface area contributed by atoms with E-state index in [1.807, 2.05) is 0 Å². The Labute approximate surface area is 203 Å². The van der Waals surface area contributed by atoms with Gasteiger partial charge in [-0.15, -0.1) is 0 Å². The number of alkyl halides is 3. The second-order valence-electron chi connectivity index (χ2n) is 8.30. The summed E-state index contributed by atoms with van der Waals surface area (Å²) in [6, 6.07) is 16.3. The van der Waals surface area contributed by atoms with Crippen LogP contribution in [-0.2, 0) is 22.3 Å². The molecule has 3 aromatic carbocycles. The molecule has 1 heterocycles. The zero-order valence-electron chi connectivity index (χ0n) is 18.8. The van der Waals surface area contributed by atoms with Crippen LogP contribution in [-0.4, -0.2) is 24.3 Å². The third-order valence-electron chi connectivity index (χ3n) is 5.78. The van der Waals surface area contributed by atoms with E-state index in [9.17, 15) is 31.9 Å². The minimum Gasteiger partial charge on any atom is -0.348 e. The second-order valence-corrected chi connectivity index (χ2v) is 8.30. The van der Waals surface area contributed by atoms with Crippen LogP contribution in [0.15, 0.2) is 72.8 Å². The van der Waals surface area contributed by atoms with Crippen molar-refractivity contribution >= 4 is 29.1 Å². The van der Waals surface area contributed by atoms with E-state index < -0.39 is 41.2 Å². The molecule has 3 amide bonds. The summed E-state index contributed by atoms with van der Waals surface area (Å²) < 4.78 is 52.2. The Hall–Kier alpha value is -4.21. The van der Waals surface area contributed by atoms with Crippen LogP contribution < -0.4 is 15.5 Å². The molecule has 1 fully saturated rings. The number of carbonyl (C=O) groups is 3. The molecule has 0 aromatic heterocycles. The molecule has 6 nitrogen and oxygen atoms in total. The van der Waals surface area contributed by atoms with Crippen LogP contribution in [0.5, 0.6) is 0 Å². The van der Waals surface area contributed by atoms with E-state index in [1.54, 1.807) is 12.1 Å². The van der Waals surface area contributed by atoms with E-state index in [0.717, 1.165) is 17.0 Å². The Bertz CT molecular complexity index is 1290. The van der Waals surface area contributed by atoms with Crippen LogP contribution in [0.3, 0.4) is 0 Å². The van der Waals surface area contributed by atoms with Crippen molar-refractivity contribution in [3.8, 4) is 0 Å². The molecule has 0 radical (unpaired) electrons. The van der Waals surface area contributed by atoms with Gasteiger partial charge in [-0.25, -0.2) is 4.39 Å². The Morgan fingerprint density at radius 2 is 1.69 bits per heavy atom. The fourth-order valence-electron chi connectivity index (χ4n) is 3.89. The van der Waals surface area contributed by atoms with Crippen LogP contribution in [0, 0.1) is 11.7 Å². The molecule has 1 atom stereocenters. The molecule has 4 rings (SSSR count). The first-order chi connectivity index (χ1) is 17.1. The highest BCUT2D eigenvalue weighted by atomic mass is 19.4. The lowest BCUT2D eigenvalue weighted by atomic mass is 10.1. The molecular formula is C26H21F4N3O3. The molecule has 3 aromatic rings. The maximum absolute atomic E-state index is 13.1. The van der Waals surface area contributed by atoms with Crippen molar-refractivity contribution in [2.45, 2.75) is 19.1 Å². The summed E-state index contributed by atoms with van der Waals surface area (Å²) in [6.45, 7) is 0.0510. The summed E-state index contributed by atoms with van der Waals surface area (Å²) in [7, 11) is 0. The minimum atomic E-state index is -4.56. The van der Waals surface area contributed by atoms with E-state index in [1.165, 1.54) is 48.5 Å². The number of halogens is 4.